The minimum absolute atomic E-state index is 0.0363. The molecule has 0 bridgehead atoms. The number of rotatable bonds is 11. The molecule has 0 heterocycles. The standard InChI is InChI=1S/C31H38N2O2/c1-5-6-18-32-31(35)29(20-26-10-8-7-9-11-26)33(22-27-16-13-23(2)14-17-27)30(34)21-28-19-24(3)12-15-25(28)4/h7-17,19,29H,5-6,18,20-22H2,1-4H3,(H,32,35)/t29-/m1/s1. The zero-order valence-electron chi connectivity index (χ0n) is 21.5. The monoisotopic (exact) mass is 470 g/mol. The molecule has 35 heavy (non-hydrogen) atoms. The molecule has 3 aromatic rings. The molecule has 0 unspecified atom stereocenters. The number of carbonyl (C=O) groups excluding carboxylic acids is 2. The first-order chi connectivity index (χ1) is 16.9. The van der Waals surface area contributed by atoms with E-state index in [0.29, 0.717) is 19.5 Å². The number of amides is 2. The SMILES string of the molecule is CCCCNC(=O)[C@@H](Cc1ccccc1)N(Cc1ccc(C)cc1)C(=O)Cc1cc(C)ccc1C. The first-order valence-corrected chi connectivity index (χ1v) is 12.6. The Morgan fingerprint density at radius 1 is 0.857 bits per heavy atom. The van der Waals surface area contributed by atoms with Crippen molar-refractivity contribution in [2.45, 2.75) is 66.0 Å². The number of carbonyl (C=O) groups is 2. The van der Waals surface area contributed by atoms with Gasteiger partial charge in [0, 0.05) is 19.5 Å². The predicted molar refractivity (Wildman–Crippen MR) is 143 cm³/mol. The molecular weight excluding hydrogens is 432 g/mol. The van der Waals surface area contributed by atoms with Crippen molar-refractivity contribution in [3.63, 3.8) is 0 Å². The van der Waals surface area contributed by atoms with E-state index < -0.39 is 6.04 Å². The van der Waals surface area contributed by atoms with Gasteiger partial charge in [0.15, 0.2) is 0 Å². The van der Waals surface area contributed by atoms with Gasteiger partial charge in [-0.2, -0.15) is 0 Å². The summed E-state index contributed by atoms with van der Waals surface area (Å²) < 4.78 is 0. The molecule has 0 aliphatic carbocycles. The lowest BCUT2D eigenvalue weighted by atomic mass is 9.99. The van der Waals surface area contributed by atoms with Crippen LogP contribution in [0.15, 0.2) is 72.8 Å². The van der Waals surface area contributed by atoms with Crippen molar-refractivity contribution < 1.29 is 9.59 Å². The van der Waals surface area contributed by atoms with Gasteiger partial charge in [0.25, 0.3) is 0 Å². The highest BCUT2D eigenvalue weighted by Crippen LogP contribution is 2.19. The first-order valence-electron chi connectivity index (χ1n) is 12.6. The number of aryl methyl sites for hydroxylation is 3. The third-order valence-corrected chi connectivity index (χ3v) is 6.42. The van der Waals surface area contributed by atoms with Crippen molar-refractivity contribution >= 4 is 11.8 Å². The molecule has 0 saturated heterocycles. The maximum atomic E-state index is 13.9. The molecule has 1 N–H and O–H groups in total. The Labute approximate surface area is 210 Å². The Morgan fingerprint density at radius 3 is 2.23 bits per heavy atom. The maximum Gasteiger partial charge on any atom is 0.243 e. The highest BCUT2D eigenvalue weighted by molar-refractivity contribution is 5.89. The number of nitrogens with zero attached hydrogens (tertiary/aromatic N) is 1. The van der Waals surface area contributed by atoms with E-state index >= 15 is 0 Å². The number of unbranched alkanes of at least 4 members (excludes halogenated alkanes) is 1. The average Bonchev–Trinajstić information content (AvgIpc) is 2.85. The zero-order chi connectivity index (χ0) is 25.2. The highest BCUT2D eigenvalue weighted by Gasteiger charge is 2.30. The fourth-order valence-electron chi connectivity index (χ4n) is 4.21. The van der Waals surface area contributed by atoms with Crippen LogP contribution in [-0.2, 0) is 29.0 Å². The maximum absolute atomic E-state index is 13.9. The fourth-order valence-corrected chi connectivity index (χ4v) is 4.21. The van der Waals surface area contributed by atoms with Gasteiger partial charge in [0.2, 0.25) is 11.8 Å². The van der Waals surface area contributed by atoms with E-state index in [1.807, 2.05) is 63.2 Å². The molecule has 3 aromatic carbocycles. The molecule has 0 fully saturated rings. The Morgan fingerprint density at radius 2 is 1.54 bits per heavy atom. The summed E-state index contributed by atoms with van der Waals surface area (Å²) in [5.41, 5.74) is 6.45. The Balaban J connectivity index is 1.96. The van der Waals surface area contributed by atoms with E-state index in [0.717, 1.165) is 40.7 Å². The summed E-state index contributed by atoms with van der Waals surface area (Å²) in [4.78, 5) is 29.1. The van der Waals surface area contributed by atoms with Gasteiger partial charge in [0.05, 0.1) is 6.42 Å². The number of hydrogen-bond acceptors (Lipinski definition) is 2. The molecule has 0 aliphatic rings. The summed E-state index contributed by atoms with van der Waals surface area (Å²) in [6, 6.07) is 23.8. The number of benzene rings is 3. The summed E-state index contributed by atoms with van der Waals surface area (Å²) in [6.45, 7) is 9.23. The van der Waals surface area contributed by atoms with Crippen LogP contribution in [0.5, 0.6) is 0 Å². The van der Waals surface area contributed by atoms with Crippen LogP contribution in [0.1, 0.15) is 53.1 Å². The number of hydrogen-bond donors (Lipinski definition) is 1. The molecule has 0 aliphatic heterocycles. The van der Waals surface area contributed by atoms with Gasteiger partial charge >= 0.3 is 0 Å². The van der Waals surface area contributed by atoms with E-state index in [1.54, 1.807) is 4.90 Å². The second-order valence-corrected chi connectivity index (χ2v) is 9.46. The van der Waals surface area contributed by atoms with Crippen molar-refractivity contribution in [1.82, 2.24) is 10.2 Å². The highest BCUT2D eigenvalue weighted by atomic mass is 16.2. The van der Waals surface area contributed by atoms with E-state index in [9.17, 15) is 9.59 Å². The molecule has 0 radical (unpaired) electrons. The van der Waals surface area contributed by atoms with Crippen LogP contribution in [0.4, 0.5) is 0 Å². The second kappa shape index (κ2) is 12.9. The summed E-state index contributed by atoms with van der Waals surface area (Å²) in [5, 5.41) is 3.09. The summed E-state index contributed by atoms with van der Waals surface area (Å²) in [6.07, 6.45) is 2.66. The molecular formula is C31H38N2O2. The molecule has 1 atom stereocenters. The van der Waals surface area contributed by atoms with Gasteiger partial charge < -0.3 is 10.2 Å². The van der Waals surface area contributed by atoms with Gasteiger partial charge in [-0.05, 0) is 49.4 Å². The largest absolute Gasteiger partial charge is 0.354 e. The van der Waals surface area contributed by atoms with E-state index in [1.165, 1.54) is 5.56 Å². The van der Waals surface area contributed by atoms with E-state index in [4.69, 9.17) is 0 Å². The quantitative estimate of drug-likeness (QED) is 0.365. The molecule has 4 heteroatoms. The van der Waals surface area contributed by atoms with Crippen molar-refractivity contribution in [3.8, 4) is 0 Å². The molecule has 0 spiro atoms. The Hall–Kier alpha value is -3.40. The van der Waals surface area contributed by atoms with Crippen molar-refractivity contribution in [1.29, 1.82) is 0 Å². The Bertz CT molecular complexity index is 1110. The lowest BCUT2D eigenvalue weighted by molar-refractivity contribution is -0.140. The van der Waals surface area contributed by atoms with Crippen LogP contribution in [-0.4, -0.2) is 29.3 Å². The van der Waals surface area contributed by atoms with Crippen LogP contribution >= 0.6 is 0 Å². The topological polar surface area (TPSA) is 49.4 Å². The van der Waals surface area contributed by atoms with Crippen LogP contribution in [0, 0.1) is 20.8 Å². The summed E-state index contributed by atoms with van der Waals surface area (Å²) in [5.74, 6) is -0.130. The lowest BCUT2D eigenvalue weighted by Crippen LogP contribution is -2.51. The van der Waals surface area contributed by atoms with Crippen molar-refractivity contribution in [2.24, 2.45) is 0 Å². The molecule has 0 aromatic heterocycles. The van der Waals surface area contributed by atoms with Crippen molar-refractivity contribution in [2.75, 3.05) is 6.54 Å². The predicted octanol–water partition coefficient (Wildman–Crippen LogP) is 5.71. The van der Waals surface area contributed by atoms with Crippen LogP contribution in [0.2, 0.25) is 0 Å². The molecule has 4 nitrogen and oxygen atoms in total. The van der Waals surface area contributed by atoms with Crippen LogP contribution < -0.4 is 5.32 Å². The summed E-state index contributed by atoms with van der Waals surface area (Å²) in [7, 11) is 0. The average molecular weight is 471 g/mol. The van der Waals surface area contributed by atoms with Gasteiger partial charge in [-0.15, -0.1) is 0 Å². The normalized spacial score (nSPS) is 11.7. The van der Waals surface area contributed by atoms with Crippen molar-refractivity contribution in [3.05, 3.63) is 106 Å². The molecule has 2 amide bonds. The minimum atomic E-state index is -0.590. The Kier molecular flexibility index (Phi) is 9.66. The van der Waals surface area contributed by atoms with E-state index in [2.05, 4.69) is 42.6 Å². The molecule has 0 saturated carbocycles. The summed E-state index contributed by atoms with van der Waals surface area (Å²) >= 11 is 0. The van der Waals surface area contributed by atoms with Crippen LogP contribution in [0.25, 0.3) is 0 Å². The second-order valence-electron chi connectivity index (χ2n) is 9.46. The van der Waals surface area contributed by atoms with Crippen LogP contribution in [0.3, 0.4) is 0 Å². The van der Waals surface area contributed by atoms with E-state index in [-0.39, 0.29) is 18.2 Å². The first kappa shape index (κ1) is 26.2. The lowest BCUT2D eigenvalue weighted by Gasteiger charge is -2.32. The smallest absolute Gasteiger partial charge is 0.243 e. The van der Waals surface area contributed by atoms with Gasteiger partial charge in [-0.1, -0.05) is 97.3 Å². The third-order valence-electron chi connectivity index (χ3n) is 6.42. The van der Waals surface area contributed by atoms with Gasteiger partial charge in [0.1, 0.15) is 6.04 Å². The zero-order valence-corrected chi connectivity index (χ0v) is 21.5. The third kappa shape index (κ3) is 7.81. The molecule has 184 valence electrons. The number of nitrogens with one attached hydrogen (secondary N) is 1. The van der Waals surface area contributed by atoms with Gasteiger partial charge in [-0.3, -0.25) is 9.59 Å². The molecule has 3 rings (SSSR count). The minimum Gasteiger partial charge on any atom is -0.354 e. The van der Waals surface area contributed by atoms with Gasteiger partial charge in [-0.25, -0.2) is 0 Å². The fraction of sp³-hybridized carbons (Fsp3) is 0.355.